The van der Waals surface area contributed by atoms with Crippen LogP contribution in [0.15, 0.2) is 18.2 Å². The first-order chi connectivity index (χ1) is 12.0. The van der Waals surface area contributed by atoms with E-state index in [1.54, 1.807) is 18.5 Å². The van der Waals surface area contributed by atoms with Gasteiger partial charge >= 0.3 is 0 Å². The highest BCUT2D eigenvalue weighted by Gasteiger charge is 2.50. The zero-order valence-corrected chi connectivity index (χ0v) is 15.8. The van der Waals surface area contributed by atoms with Crippen LogP contribution in [0.25, 0.3) is 0 Å². The maximum atomic E-state index is 13.4. The van der Waals surface area contributed by atoms with E-state index in [1.807, 2.05) is 18.2 Å². The lowest BCUT2D eigenvalue weighted by atomic mass is 10.0. The molecule has 0 unspecified atom stereocenters. The molecule has 5 nitrogen and oxygen atoms in total. The van der Waals surface area contributed by atoms with E-state index in [0.717, 1.165) is 37.7 Å². The van der Waals surface area contributed by atoms with Gasteiger partial charge in [0.2, 0.25) is 10.0 Å². The number of nitrogens with zero attached hydrogens (tertiary/aromatic N) is 1. The van der Waals surface area contributed by atoms with E-state index in [9.17, 15) is 8.42 Å². The minimum atomic E-state index is -3.24. The molecule has 6 heteroatoms. The molecule has 4 atom stereocenters. The van der Waals surface area contributed by atoms with E-state index in [-0.39, 0.29) is 11.3 Å². The van der Waals surface area contributed by atoms with Crippen molar-refractivity contribution in [3.63, 3.8) is 0 Å². The molecule has 0 radical (unpaired) electrons. The van der Waals surface area contributed by atoms with Crippen molar-refractivity contribution in [1.82, 2.24) is 4.31 Å². The van der Waals surface area contributed by atoms with E-state index < -0.39 is 10.0 Å². The van der Waals surface area contributed by atoms with E-state index in [4.69, 9.17) is 9.47 Å². The van der Waals surface area contributed by atoms with E-state index >= 15 is 0 Å². The number of rotatable bonds is 5. The topological polar surface area (TPSA) is 55.8 Å². The van der Waals surface area contributed by atoms with Crippen molar-refractivity contribution < 1.29 is 17.9 Å². The van der Waals surface area contributed by atoms with Gasteiger partial charge in [-0.25, -0.2) is 8.42 Å². The summed E-state index contributed by atoms with van der Waals surface area (Å²) in [6.07, 6.45) is 6.06. The predicted molar refractivity (Wildman–Crippen MR) is 96.4 cm³/mol. The fraction of sp³-hybridized carbons (Fsp3) is 0.684. The Morgan fingerprint density at radius 2 is 1.84 bits per heavy atom. The summed E-state index contributed by atoms with van der Waals surface area (Å²) in [5.41, 5.74) is 1.00. The highest BCUT2D eigenvalue weighted by atomic mass is 32.2. The van der Waals surface area contributed by atoms with Crippen molar-refractivity contribution in [1.29, 1.82) is 0 Å². The van der Waals surface area contributed by atoms with Crippen LogP contribution in [0.5, 0.6) is 11.5 Å². The molecule has 0 N–H and O–H groups in total. The van der Waals surface area contributed by atoms with Gasteiger partial charge in [-0.3, -0.25) is 0 Å². The van der Waals surface area contributed by atoms with Crippen LogP contribution in [0, 0.1) is 11.8 Å². The molecule has 2 saturated carbocycles. The molecule has 1 aliphatic heterocycles. The van der Waals surface area contributed by atoms with E-state index in [1.165, 1.54) is 6.42 Å². The van der Waals surface area contributed by atoms with Crippen molar-refractivity contribution in [2.75, 3.05) is 20.8 Å². The van der Waals surface area contributed by atoms with Crippen LogP contribution in [0.1, 0.15) is 50.1 Å². The molecule has 1 aromatic rings. The third-order valence-corrected chi connectivity index (χ3v) is 8.81. The first kappa shape index (κ1) is 17.2. The number of benzene rings is 1. The van der Waals surface area contributed by atoms with Gasteiger partial charge in [0.15, 0.2) is 11.5 Å². The summed E-state index contributed by atoms with van der Waals surface area (Å²) >= 11 is 0. The summed E-state index contributed by atoms with van der Waals surface area (Å²) in [4.78, 5) is 0. The molecule has 138 valence electrons. The molecule has 0 amide bonds. The van der Waals surface area contributed by atoms with Gasteiger partial charge < -0.3 is 9.47 Å². The van der Waals surface area contributed by atoms with Crippen LogP contribution in [0.4, 0.5) is 0 Å². The van der Waals surface area contributed by atoms with Gasteiger partial charge in [0, 0.05) is 12.6 Å². The zero-order chi connectivity index (χ0) is 17.6. The molecular formula is C19H27NO4S. The summed E-state index contributed by atoms with van der Waals surface area (Å²) in [6.45, 7) is 0.634. The van der Waals surface area contributed by atoms with Crippen LogP contribution >= 0.6 is 0 Å². The summed E-state index contributed by atoms with van der Waals surface area (Å²) in [7, 11) is -0.0193. The van der Waals surface area contributed by atoms with E-state index in [0.29, 0.717) is 29.9 Å². The van der Waals surface area contributed by atoms with Crippen molar-refractivity contribution in [3.05, 3.63) is 23.8 Å². The van der Waals surface area contributed by atoms with Gasteiger partial charge in [-0.15, -0.1) is 0 Å². The number of methoxy groups -OCH3 is 2. The minimum Gasteiger partial charge on any atom is -0.493 e. The van der Waals surface area contributed by atoms with Gasteiger partial charge in [0.05, 0.1) is 19.5 Å². The van der Waals surface area contributed by atoms with Crippen LogP contribution in [0.3, 0.4) is 0 Å². The highest BCUT2D eigenvalue weighted by molar-refractivity contribution is 7.89. The second kappa shape index (κ2) is 6.47. The van der Waals surface area contributed by atoms with Crippen molar-refractivity contribution in [2.24, 2.45) is 11.8 Å². The van der Waals surface area contributed by atoms with Crippen LogP contribution < -0.4 is 9.47 Å². The first-order valence-electron chi connectivity index (χ1n) is 9.27. The van der Waals surface area contributed by atoms with Gasteiger partial charge in [-0.1, -0.05) is 12.5 Å². The Labute approximate surface area is 150 Å². The van der Waals surface area contributed by atoms with Crippen LogP contribution in [-0.2, 0) is 10.0 Å². The number of hydrogen-bond acceptors (Lipinski definition) is 4. The largest absolute Gasteiger partial charge is 0.493 e. The molecule has 3 fully saturated rings. The standard InChI is InChI=1S/C19H27NO4S/c1-23-17-8-7-14(12-18(17)24-2)16-4-3-9-20(16)25(21,22)19-11-13-5-6-15(19)10-13/h7-8,12-13,15-16,19H,3-6,9-11H2,1-2H3/t13-,15-,16-,19+/m0/s1. The molecule has 0 spiro atoms. The van der Waals surface area contributed by atoms with Gasteiger partial charge in [0.25, 0.3) is 0 Å². The Balaban J connectivity index is 1.62. The SMILES string of the molecule is COc1ccc([C@@H]2CCCN2S(=O)(=O)[C@@H]2C[C@H]3CC[C@H]2C3)cc1OC. The molecule has 2 bridgehead atoms. The Morgan fingerprint density at radius 1 is 1.04 bits per heavy atom. The second-order valence-electron chi connectivity index (χ2n) is 7.64. The maximum Gasteiger partial charge on any atom is 0.217 e. The molecule has 25 heavy (non-hydrogen) atoms. The summed E-state index contributed by atoms with van der Waals surface area (Å²) < 4.78 is 39.2. The minimum absolute atomic E-state index is 0.0797. The molecule has 3 aliphatic rings. The summed E-state index contributed by atoms with van der Waals surface area (Å²) in [5, 5.41) is -0.160. The smallest absolute Gasteiger partial charge is 0.217 e. The van der Waals surface area contributed by atoms with Crippen LogP contribution in [-0.4, -0.2) is 38.7 Å². The second-order valence-corrected chi connectivity index (χ2v) is 9.75. The fourth-order valence-electron chi connectivity index (χ4n) is 5.16. The Kier molecular flexibility index (Phi) is 4.44. The number of sulfonamides is 1. The molecule has 2 aliphatic carbocycles. The Hall–Kier alpha value is -1.27. The third kappa shape index (κ3) is 2.83. The van der Waals surface area contributed by atoms with Gasteiger partial charge in [-0.2, -0.15) is 4.31 Å². The van der Waals surface area contributed by atoms with Crippen LogP contribution in [0.2, 0.25) is 0 Å². The molecular weight excluding hydrogens is 338 g/mol. The lowest BCUT2D eigenvalue weighted by molar-refractivity contribution is 0.349. The quantitative estimate of drug-likeness (QED) is 0.803. The van der Waals surface area contributed by atoms with Crippen molar-refractivity contribution in [3.8, 4) is 11.5 Å². The average molecular weight is 365 g/mol. The maximum absolute atomic E-state index is 13.4. The van der Waals surface area contributed by atoms with E-state index in [2.05, 4.69) is 0 Å². The van der Waals surface area contributed by atoms with Crippen molar-refractivity contribution >= 4 is 10.0 Å². The molecule has 4 rings (SSSR count). The summed E-state index contributed by atoms with van der Waals surface area (Å²) in [5.74, 6) is 2.34. The number of ether oxygens (including phenoxy) is 2. The first-order valence-corrected chi connectivity index (χ1v) is 10.8. The monoisotopic (exact) mass is 365 g/mol. The normalized spacial score (nSPS) is 32.2. The lowest BCUT2D eigenvalue weighted by Crippen LogP contribution is -2.40. The Morgan fingerprint density at radius 3 is 2.48 bits per heavy atom. The molecule has 1 saturated heterocycles. The lowest BCUT2D eigenvalue weighted by Gasteiger charge is -2.31. The summed E-state index contributed by atoms with van der Waals surface area (Å²) in [6, 6.07) is 5.69. The third-order valence-electron chi connectivity index (χ3n) is 6.38. The number of hydrogen-bond donors (Lipinski definition) is 0. The number of fused-ring (bicyclic) bond motifs is 2. The molecule has 1 heterocycles. The molecule has 0 aromatic heterocycles. The highest BCUT2D eigenvalue weighted by Crippen LogP contribution is 2.50. The Bertz CT molecular complexity index is 748. The van der Waals surface area contributed by atoms with Gasteiger partial charge in [-0.05, 0) is 61.6 Å². The zero-order valence-electron chi connectivity index (χ0n) is 15.0. The molecule has 1 aromatic carbocycles. The van der Waals surface area contributed by atoms with Gasteiger partial charge in [0.1, 0.15) is 0 Å². The fourth-order valence-corrected chi connectivity index (χ4v) is 7.73. The predicted octanol–water partition coefficient (Wildman–Crippen LogP) is 3.36. The average Bonchev–Trinajstić information content (AvgIpc) is 3.37. The van der Waals surface area contributed by atoms with Crippen molar-refractivity contribution in [2.45, 2.75) is 49.8 Å².